The van der Waals surface area contributed by atoms with Crippen LogP contribution in [0, 0.1) is 17.6 Å². The predicted octanol–water partition coefficient (Wildman–Crippen LogP) is 4.97. The summed E-state index contributed by atoms with van der Waals surface area (Å²) in [6.45, 7) is 3.27. The first-order valence-electron chi connectivity index (χ1n) is 9.92. The molecule has 9 heteroatoms. The minimum absolute atomic E-state index is 0.00621. The molecule has 0 heterocycles. The second-order valence-corrected chi connectivity index (χ2v) is 11.2. The molecule has 0 atom stereocenters. The second kappa shape index (κ2) is 8.84. The quantitative estimate of drug-likeness (QED) is 0.644. The van der Waals surface area contributed by atoms with E-state index in [1.54, 1.807) is 13.8 Å². The Bertz CT molecular complexity index is 1100. The fourth-order valence-electron chi connectivity index (χ4n) is 3.90. The van der Waals surface area contributed by atoms with Gasteiger partial charge in [-0.2, -0.15) is 0 Å². The van der Waals surface area contributed by atoms with E-state index in [1.807, 2.05) is 0 Å². The average molecular weight is 472 g/mol. The number of hydrogen-bond acceptors (Lipinski definition) is 4. The summed E-state index contributed by atoms with van der Waals surface area (Å²) in [5.74, 6) is -3.01. The summed E-state index contributed by atoms with van der Waals surface area (Å²) < 4.78 is 52.3. The van der Waals surface area contributed by atoms with E-state index in [4.69, 9.17) is 11.6 Å². The van der Waals surface area contributed by atoms with Crippen LogP contribution in [0.15, 0.2) is 41.3 Å². The molecule has 2 N–H and O–H groups in total. The number of aliphatic hydroxyl groups is 1. The zero-order valence-electron chi connectivity index (χ0n) is 17.2. The van der Waals surface area contributed by atoms with Gasteiger partial charge < -0.3 is 10.4 Å². The van der Waals surface area contributed by atoms with Crippen LogP contribution in [0.4, 0.5) is 14.5 Å². The Morgan fingerprint density at radius 3 is 2.32 bits per heavy atom. The molecule has 0 saturated heterocycles. The number of hydrogen-bond donors (Lipinski definition) is 2. The molecule has 1 aliphatic carbocycles. The van der Waals surface area contributed by atoms with Crippen LogP contribution in [0.3, 0.4) is 0 Å². The van der Waals surface area contributed by atoms with Crippen molar-refractivity contribution in [3.63, 3.8) is 0 Å². The van der Waals surface area contributed by atoms with E-state index in [-0.39, 0.29) is 27.1 Å². The fraction of sp³-hybridized carbons (Fsp3) is 0.409. The highest BCUT2D eigenvalue weighted by atomic mass is 35.5. The van der Waals surface area contributed by atoms with E-state index in [0.717, 1.165) is 12.1 Å². The topological polar surface area (TPSA) is 83.5 Å². The van der Waals surface area contributed by atoms with Gasteiger partial charge in [0.05, 0.1) is 20.8 Å². The van der Waals surface area contributed by atoms with E-state index in [2.05, 4.69) is 5.32 Å². The number of halogens is 3. The fourth-order valence-corrected chi connectivity index (χ4v) is 6.17. The van der Waals surface area contributed by atoms with Crippen LogP contribution < -0.4 is 5.32 Å². The summed E-state index contributed by atoms with van der Waals surface area (Å²) in [5.41, 5.74) is 0.0481. The maximum atomic E-state index is 13.5. The van der Waals surface area contributed by atoms with E-state index >= 15 is 0 Å². The number of nitrogens with one attached hydrogen (secondary N) is 1. The molecule has 0 radical (unpaired) electrons. The first kappa shape index (κ1) is 23.6. The molecular weight excluding hydrogens is 448 g/mol. The third-order valence-corrected chi connectivity index (χ3v) is 9.11. The minimum Gasteiger partial charge on any atom is -0.393 e. The van der Waals surface area contributed by atoms with Gasteiger partial charge >= 0.3 is 0 Å². The van der Waals surface area contributed by atoms with Gasteiger partial charge in [-0.1, -0.05) is 11.6 Å². The van der Waals surface area contributed by atoms with Gasteiger partial charge in [0.15, 0.2) is 21.5 Å². The highest BCUT2D eigenvalue weighted by Gasteiger charge is 2.44. The Morgan fingerprint density at radius 1 is 1.06 bits per heavy atom. The molecule has 2 aromatic rings. The normalized spacial score (nSPS) is 19.8. The molecule has 1 saturated carbocycles. The van der Waals surface area contributed by atoms with Gasteiger partial charge in [0.25, 0.3) is 5.91 Å². The van der Waals surface area contributed by atoms with Crippen molar-refractivity contribution >= 4 is 33.0 Å². The Balaban J connectivity index is 1.90. The van der Waals surface area contributed by atoms with Crippen molar-refractivity contribution < 1.29 is 27.1 Å². The number of anilines is 1. The molecule has 0 aromatic heterocycles. The molecule has 31 heavy (non-hydrogen) atoms. The maximum absolute atomic E-state index is 13.5. The maximum Gasteiger partial charge on any atom is 0.255 e. The smallest absolute Gasteiger partial charge is 0.255 e. The van der Waals surface area contributed by atoms with Crippen LogP contribution in [0.5, 0.6) is 0 Å². The molecule has 0 spiro atoms. The Labute approximate surface area is 185 Å². The molecular formula is C22H24ClF2NO4S. The van der Waals surface area contributed by atoms with Crippen LogP contribution in [-0.4, -0.2) is 30.3 Å². The predicted molar refractivity (Wildman–Crippen MR) is 115 cm³/mol. The summed E-state index contributed by atoms with van der Waals surface area (Å²) >= 11 is 6.21. The van der Waals surface area contributed by atoms with E-state index in [9.17, 15) is 27.1 Å². The van der Waals surface area contributed by atoms with Crippen molar-refractivity contribution in [3.05, 3.63) is 58.6 Å². The van der Waals surface area contributed by atoms with Crippen LogP contribution in [-0.2, 0) is 9.84 Å². The highest BCUT2D eigenvalue weighted by Crippen LogP contribution is 2.42. The van der Waals surface area contributed by atoms with Crippen molar-refractivity contribution in [2.45, 2.75) is 55.3 Å². The monoisotopic (exact) mass is 471 g/mol. The summed E-state index contributed by atoms with van der Waals surface area (Å²) in [7, 11) is -3.93. The third-order valence-electron chi connectivity index (χ3n) is 6.03. The molecule has 3 rings (SSSR count). The van der Waals surface area contributed by atoms with Gasteiger partial charge in [-0.15, -0.1) is 0 Å². The standard InChI is InChI=1S/C22H24ClF2NO4S/c1-22(2,14-4-7-16(27)8-5-14)31(29,30)20-11-13(3-9-17(20)23)21(28)26-15-6-10-18(24)19(25)12-15/h3,6,9-12,14,16,27H,4-5,7-8H2,1-2H3,(H,26,28)/t14-,16-. The Hall–Kier alpha value is -2.03. The number of rotatable bonds is 5. The van der Waals surface area contributed by atoms with Crippen molar-refractivity contribution in [1.82, 2.24) is 0 Å². The summed E-state index contributed by atoms with van der Waals surface area (Å²) in [4.78, 5) is 12.4. The minimum atomic E-state index is -3.93. The van der Waals surface area contributed by atoms with Crippen molar-refractivity contribution in [1.29, 1.82) is 0 Å². The van der Waals surface area contributed by atoms with E-state index in [0.29, 0.717) is 25.7 Å². The molecule has 0 bridgehead atoms. The molecule has 1 fully saturated rings. The SMILES string of the molecule is CC(C)([C@H]1CC[C@H](O)CC1)S(=O)(=O)c1cc(C(=O)Nc2ccc(F)c(F)c2)ccc1Cl. The van der Waals surface area contributed by atoms with E-state index < -0.39 is 38.2 Å². The number of aliphatic hydroxyl groups excluding tert-OH is 1. The number of sulfone groups is 1. The zero-order chi connectivity index (χ0) is 23.0. The van der Waals surface area contributed by atoms with Gasteiger partial charge in [-0.3, -0.25) is 4.79 Å². The molecule has 168 valence electrons. The number of amides is 1. The number of carbonyl (C=O) groups excluding carboxylic acids is 1. The van der Waals surface area contributed by atoms with Crippen LogP contribution in [0.2, 0.25) is 5.02 Å². The molecule has 1 aliphatic rings. The summed E-state index contributed by atoms with van der Waals surface area (Å²) in [6.07, 6.45) is 1.80. The summed E-state index contributed by atoms with van der Waals surface area (Å²) in [6, 6.07) is 6.81. The van der Waals surface area contributed by atoms with Crippen molar-refractivity contribution in [2.24, 2.45) is 5.92 Å². The lowest BCUT2D eigenvalue weighted by Crippen LogP contribution is -2.42. The lowest BCUT2D eigenvalue weighted by molar-refractivity contribution is 0.0996. The van der Waals surface area contributed by atoms with E-state index in [1.165, 1.54) is 24.3 Å². The van der Waals surface area contributed by atoms with Gasteiger partial charge in [-0.05, 0) is 75.8 Å². The Morgan fingerprint density at radius 2 is 1.71 bits per heavy atom. The van der Waals surface area contributed by atoms with Crippen LogP contribution in [0.25, 0.3) is 0 Å². The number of carbonyl (C=O) groups is 1. The zero-order valence-corrected chi connectivity index (χ0v) is 18.7. The molecule has 1 amide bonds. The first-order chi connectivity index (χ1) is 14.4. The lowest BCUT2D eigenvalue weighted by Gasteiger charge is -2.37. The van der Waals surface area contributed by atoms with Crippen molar-refractivity contribution in [3.8, 4) is 0 Å². The van der Waals surface area contributed by atoms with Gasteiger partial charge in [0.1, 0.15) is 0 Å². The van der Waals surface area contributed by atoms with Crippen LogP contribution in [0.1, 0.15) is 49.9 Å². The van der Waals surface area contributed by atoms with Gasteiger partial charge in [0, 0.05) is 17.3 Å². The highest BCUT2D eigenvalue weighted by molar-refractivity contribution is 7.93. The first-order valence-corrected chi connectivity index (χ1v) is 11.8. The molecule has 0 unspecified atom stereocenters. The van der Waals surface area contributed by atoms with Gasteiger partial charge in [0.2, 0.25) is 0 Å². The second-order valence-electron chi connectivity index (χ2n) is 8.34. The third kappa shape index (κ3) is 4.76. The largest absolute Gasteiger partial charge is 0.393 e. The van der Waals surface area contributed by atoms with Crippen LogP contribution >= 0.6 is 11.6 Å². The number of benzene rings is 2. The lowest BCUT2D eigenvalue weighted by atomic mass is 9.80. The van der Waals surface area contributed by atoms with Crippen molar-refractivity contribution in [2.75, 3.05) is 5.32 Å². The molecule has 5 nitrogen and oxygen atoms in total. The average Bonchev–Trinajstić information content (AvgIpc) is 2.71. The van der Waals surface area contributed by atoms with Gasteiger partial charge in [-0.25, -0.2) is 17.2 Å². The summed E-state index contributed by atoms with van der Waals surface area (Å²) in [5, 5.41) is 12.2. The molecule has 2 aromatic carbocycles. The molecule has 0 aliphatic heterocycles. The Kier molecular flexibility index (Phi) is 6.74.